The monoisotopic (exact) mass is 763 g/mol. The van der Waals surface area contributed by atoms with E-state index in [2.05, 4.69) is 30.5 Å². The van der Waals surface area contributed by atoms with Gasteiger partial charge in [0.2, 0.25) is 0 Å². The van der Waals surface area contributed by atoms with Crippen molar-refractivity contribution in [3.63, 3.8) is 0 Å². The van der Waals surface area contributed by atoms with Gasteiger partial charge in [-0.2, -0.15) is 0 Å². The highest BCUT2D eigenvalue weighted by atomic mass is 31.2. The zero-order chi connectivity index (χ0) is 38.4. The maximum absolute atomic E-state index is 12.6. The van der Waals surface area contributed by atoms with Gasteiger partial charge in [0.1, 0.15) is 12.7 Å². The van der Waals surface area contributed by atoms with E-state index >= 15 is 0 Å². The zero-order valence-corrected chi connectivity index (χ0v) is 34.2. The van der Waals surface area contributed by atoms with E-state index in [1.165, 1.54) is 116 Å². The molecule has 0 fully saturated rings. The lowest BCUT2D eigenvalue weighted by Crippen LogP contribution is -2.29. The van der Waals surface area contributed by atoms with E-state index in [0.717, 1.165) is 44.9 Å². The highest BCUT2D eigenvalue weighted by Crippen LogP contribution is 2.43. The van der Waals surface area contributed by atoms with Crippen molar-refractivity contribution in [1.82, 2.24) is 0 Å². The Morgan fingerprint density at radius 3 is 1.38 bits per heavy atom. The Labute approximate surface area is 317 Å². The standard InChI is InChI=1S/C41H79O10P/c1-3-5-7-9-11-13-15-17-18-19-20-21-23-25-27-29-31-33-41(45)51-39(37-50-52(46,47)49-35-38(43)34-42)36-48-40(44)32-30-28-26-24-22-16-14-12-10-8-6-4-2/h17-18,38-39,42-43H,3-16,19-37H2,1-2H3,(H,46,47)/b18-17+/t38-,39+/m0/s1. The molecule has 0 amide bonds. The average Bonchev–Trinajstić information content (AvgIpc) is 3.13. The van der Waals surface area contributed by atoms with Gasteiger partial charge in [-0.3, -0.25) is 18.6 Å². The molecule has 0 aliphatic carbocycles. The summed E-state index contributed by atoms with van der Waals surface area (Å²) < 4.78 is 32.7. The second-order valence-electron chi connectivity index (χ2n) is 14.4. The van der Waals surface area contributed by atoms with Gasteiger partial charge in [-0.25, -0.2) is 4.57 Å². The number of phosphoric acid groups is 1. The number of ether oxygens (including phenoxy) is 2. The summed E-state index contributed by atoms with van der Waals surface area (Å²) in [7, 11) is -4.61. The number of rotatable bonds is 40. The van der Waals surface area contributed by atoms with Crippen LogP contribution in [0.15, 0.2) is 12.2 Å². The summed E-state index contributed by atoms with van der Waals surface area (Å²) in [5.74, 6) is -0.922. The minimum absolute atomic E-state index is 0.183. The van der Waals surface area contributed by atoms with Crippen molar-refractivity contribution < 1.29 is 47.8 Å². The highest BCUT2D eigenvalue weighted by molar-refractivity contribution is 7.47. The van der Waals surface area contributed by atoms with Crippen molar-refractivity contribution in [3.05, 3.63) is 12.2 Å². The molecule has 3 N–H and O–H groups in total. The number of hydrogen-bond acceptors (Lipinski definition) is 9. The van der Waals surface area contributed by atoms with Crippen LogP contribution in [0.3, 0.4) is 0 Å². The van der Waals surface area contributed by atoms with Crippen LogP contribution in [-0.4, -0.2) is 65.7 Å². The Hall–Kier alpha value is -1.29. The first-order valence-electron chi connectivity index (χ1n) is 21.1. The second kappa shape index (κ2) is 38.0. The summed E-state index contributed by atoms with van der Waals surface area (Å²) >= 11 is 0. The summed E-state index contributed by atoms with van der Waals surface area (Å²) in [6, 6.07) is 0. The number of carbonyl (C=O) groups excluding carboxylic acids is 2. The van der Waals surface area contributed by atoms with E-state index in [-0.39, 0.29) is 19.4 Å². The Kier molecular flexibility index (Phi) is 37.1. The molecule has 308 valence electrons. The Morgan fingerprint density at radius 2 is 0.942 bits per heavy atom. The van der Waals surface area contributed by atoms with Crippen molar-refractivity contribution >= 4 is 19.8 Å². The summed E-state index contributed by atoms with van der Waals surface area (Å²) in [5, 5.41) is 18.3. The lowest BCUT2D eigenvalue weighted by molar-refractivity contribution is -0.161. The molecule has 11 heteroatoms. The van der Waals surface area contributed by atoms with Gasteiger partial charge in [-0.05, 0) is 38.5 Å². The van der Waals surface area contributed by atoms with Crippen molar-refractivity contribution in [2.24, 2.45) is 0 Å². The molecule has 0 radical (unpaired) electrons. The van der Waals surface area contributed by atoms with E-state index in [1.54, 1.807) is 0 Å². The van der Waals surface area contributed by atoms with Crippen LogP contribution in [-0.2, 0) is 32.7 Å². The number of carbonyl (C=O) groups is 2. The Morgan fingerprint density at radius 1 is 0.558 bits per heavy atom. The molecule has 0 aromatic rings. The predicted octanol–water partition coefficient (Wildman–Crippen LogP) is 10.8. The van der Waals surface area contributed by atoms with Crippen molar-refractivity contribution in [2.75, 3.05) is 26.4 Å². The first kappa shape index (κ1) is 50.7. The lowest BCUT2D eigenvalue weighted by Gasteiger charge is -2.20. The first-order valence-corrected chi connectivity index (χ1v) is 22.6. The fourth-order valence-corrected chi connectivity index (χ4v) is 6.66. The molecule has 0 aromatic carbocycles. The molecule has 0 rings (SSSR count). The molecule has 0 heterocycles. The van der Waals surface area contributed by atoms with Gasteiger partial charge < -0.3 is 24.6 Å². The molecule has 0 aliphatic rings. The van der Waals surface area contributed by atoms with E-state index in [9.17, 15) is 24.2 Å². The minimum atomic E-state index is -4.61. The molecule has 0 aliphatic heterocycles. The van der Waals surface area contributed by atoms with Crippen molar-refractivity contribution in [1.29, 1.82) is 0 Å². The fraction of sp³-hybridized carbons (Fsp3) is 0.902. The lowest BCUT2D eigenvalue weighted by atomic mass is 10.0. The van der Waals surface area contributed by atoms with Crippen LogP contribution >= 0.6 is 7.82 Å². The van der Waals surface area contributed by atoms with Crippen LogP contribution in [0.2, 0.25) is 0 Å². The summed E-state index contributed by atoms with van der Waals surface area (Å²) in [4.78, 5) is 34.9. The number of esters is 2. The predicted molar refractivity (Wildman–Crippen MR) is 210 cm³/mol. The van der Waals surface area contributed by atoms with E-state index in [4.69, 9.17) is 19.1 Å². The fourth-order valence-electron chi connectivity index (χ4n) is 5.87. The van der Waals surface area contributed by atoms with Crippen molar-refractivity contribution in [2.45, 2.75) is 212 Å². The topological polar surface area (TPSA) is 149 Å². The van der Waals surface area contributed by atoms with Crippen LogP contribution in [0.5, 0.6) is 0 Å². The average molecular weight is 763 g/mol. The summed E-state index contributed by atoms with van der Waals surface area (Å²) in [5.41, 5.74) is 0. The molecule has 0 saturated carbocycles. The van der Waals surface area contributed by atoms with Crippen LogP contribution in [0.25, 0.3) is 0 Å². The number of hydrogen-bond donors (Lipinski definition) is 3. The van der Waals surface area contributed by atoms with Gasteiger partial charge in [0.25, 0.3) is 0 Å². The minimum Gasteiger partial charge on any atom is -0.462 e. The number of allylic oxidation sites excluding steroid dienone is 2. The molecular formula is C41H79O10P. The SMILES string of the molecule is CCCCCCCC/C=C/CCCCCCCCCC(=O)O[C@H](COC(=O)CCCCCCCCCCCCCC)COP(=O)(O)OC[C@@H](O)CO. The Bertz CT molecular complexity index is 884. The Balaban J connectivity index is 4.28. The maximum Gasteiger partial charge on any atom is 0.472 e. The molecule has 0 saturated heterocycles. The summed E-state index contributed by atoms with van der Waals surface area (Å²) in [6.07, 6.45) is 34.6. The van der Waals surface area contributed by atoms with Crippen LogP contribution < -0.4 is 0 Å². The molecule has 52 heavy (non-hydrogen) atoms. The van der Waals surface area contributed by atoms with Gasteiger partial charge >= 0.3 is 19.8 Å². The van der Waals surface area contributed by atoms with Crippen molar-refractivity contribution in [3.8, 4) is 0 Å². The zero-order valence-electron chi connectivity index (χ0n) is 33.3. The molecular weight excluding hydrogens is 683 g/mol. The number of unbranched alkanes of at least 4 members (excludes halogenated alkanes) is 24. The summed E-state index contributed by atoms with van der Waals surface area (Å²) in [6.45, 7) is 2.38. The van der Waals surface area contributed by atoms with Gasteiger partial charge in [-0.1, -0.05) is 161 Å². The van der Waals surface area contributed by atoms with Gasteiger partial charge in [-0.15, -0.1) is 0 Å². The normalized spacial score (nSPS) is 14.0. The number of aliphatic hydroxyl groups excluding tert-OH is 2. The number of aliphatic hydroxyl groups is 2. The molecule has 0 spiro atoms. The third kappa shape index (κ3) is 37.0. The molecule has 1 unspecified atom stereocenters. The quantitative estimate of drug-likeness (QED) is 0.0238. The third-order valence-electron chi connectivity index (χ3n) is 9.17. The molecule has 0 bridgehead atoms. The van der Waals surface area contributed by atoms with Crippen LogP contribution in [0.4, 0.5) is 0 Å². The van der Waals surface area contributed by atoms with E-state index < -0.39 is 51.8 Å². The van der Waals surface area contributed by atoms with E-state index in [1.807, 2.05) is 0 Å². The van der Waals surface area contributed by atoms with Crippen LogP contribution in [0, 0.1) is 0 Å². The largest absolute Gasteiger partial charge is 0.472 e. The van der Waals surface area contributed by atoms with Gasteiger partial charge in [0.15, 0.2) is 6.10 Å². The van der Waals surface area contributed by atoms with E-state index in [0.29, 0.717) is 12.8 Å². The first-order chi connectivity index (χ1) is 25.2. The highest BCUT2D eigenvalue weighted by Gasteiger charge is 2.27. The van der Waals surface area contributed by atoms with Gasteiger partial charge in [0.05, 0.1) is 19.8 Å². The maximum atomic E-state index is 12.6. The molecule has 0 aromatic heterocycles. The van der Waals surface area contributed by atoms with Crippen LogP contribution in [0.1, 0.15) is 200 Å². The third-order valence-corrected chi connectivity index (χ3v) is 10.1. The number of phosphoric ester groups is 1. The smallest absolute Gasteiger partial charge is 0.462 e. The molecule has 3 atom stereocenters. The van der Waals surface area contributed by atoms with Gasteiger partial charge in [0, 0.05) is 12.8 Å². The molecule has 10 nitrogen and oxygen atoms in total. The second-order valence-corrected chi connectivity index (χ2v) is 15.8.